The number of carbonyl (C=O) groups is 3. The van der Waals surface area contributed by atoms with E-state index in [1.807, 2.05) is 34.1 Å². The smallest absolute Gasteiger partial charge is 0.235 e. The minimum absolute atomic E-state index is 0.0168. The van der Waals surface area contributed by atoms with E-state index in [1.165, 1.54) is 0 Å². The van der Waals surface area contributed by atoms with Crippen molar-refractivity contribution >= 4 is 45.8 Å². The number of fused-ring (bicyclic) bond motifs is 4. The maximum absolute atomic E-state index is 14.2. The molecule has 3 atom stereocenters. The predicted molar refractivity (Wildman–Crippen MR) is 140 cm³/mol. The molecule has 37 heavy (non-hydrogen) atoms. The molecule has 2 bridgehead atoms. The molecule has 190 valence electrons. The van der Waals surface area contributed by atoms with E-state index in [1.54, 1.807) is 37.5 Å². The highest BCUT2D eigenvalue weighted by Gasteiger charge is 2.51. The zero-order chi connectivity index (χ0) is 25.7. The van der Waals surface area contributed by atoms with Crippen LogP contribution in [-0.4, -0.2) is 64.3 Å². The lowest BCUT2D eigenvalue weighted by Crippen LogP contribution is -2.53. The third-order valence-electron chi connectivity index (χ3n) is 8.01. The molecule has 2 fully saturated rings. The molecule has 0 spiro atoms. The van der Waals surface area contributed by atoms with Gasteiger partial charge in [-0.2, -0.15) is 0 Å². The molecule has 2 aromatic carbocycles. The highest BCUT2D eigenvalue weighted by Crippen LogP contribution is 2.45. The lowest BCUT2D eigenvalue weighted by molar-refractivity contribution is -0.141. The monoisotopic (exact) mass is 518 g/mol. The first-order chi connectivity index (χ1) is 17.9. The van der Waals surface area contributed by atoms with Crippen LogP contribution in [0.15, 0.2) is 54.9 Å². The number of hydrogen-bond acceptors (Lipinski definition) is 5. The van der Waals surface area contributed by atoms with E-state index in [0.29, 0.717) is 48.1 Å². The predicted octanol–water partition coefficient (Wildman–Crippen LogP) is 3.77. The number of pyridine rings is 1. The zero-order valence-corrected chi connectivity index (χ0v) is 21.2. The number of ether oxygens (including phenoxy) is 1. The fourth-order valence-corrected chi connectivity index (χ4v) is 6.32. The lowest BCUT2D eigenvalue weighted by Gasteiger charge is -2.40. The van der Waals surface area contributed by atoms with Crippen molar-refractivity contribution in [2.24, 2.45) is 0 Å². The SMILES string of the molecule is CC(=O)N1C[C@H]2C[C@@H]1CN2C(=O)C[C@@]1(C(=O)Nc2cncc3ccccc23)CCOc2ccc(Cl)cc21. The maximum atomic E-state index is 14.2. The van der Waals surface area contributed by atoms with Crippen LogP contribution < -0.4 is 10.1 Å². The summed E-state index contributed by atoms with van der Waals surface area (Å²) in [4.78, 5) is 47.9. The van der Waals surface area contributed by atoms with E-state index in [0.717, 1.165) is 17.2 Å². The average Bonchev–Trinajstić information content (AvgIpc) is 3.51. The molecular formula is C28H27ClN4O4. The number of nitrogens with one attached hydrogen (secondary N) is 1. The summed E-state index contributed by atoms with van der Waals surface area (Å²) in [5.74, 6) is 0.197. The van der Waals surface area contributed by atoms with Crippen LogP contribution in [0, 0.1) is 0 Å². The van der Waals surface area contributed by atoms with Gasteiger partial charge in [-0.25, -0.2) is 0 Å². The van der Waals surface area contributed by atoms with Crippen molar-refractivity contribution in [3.8, 4) is 5.75 Å². The van der Waals surface area contributed by atoms with Crippen LogP contribution in [-0.2, 0) is 19.8 Å². The second-order valence-corrected chi connectivity index (χ2v) is 10.6. The Morgan fingerprint density at radius 1 is 1.11 bits per heavy atom. The van der Waals surface area contributed by atoms with Crippen LogP contribution in [0.25, 0.3) is 10.8 Å². The molecule has 0 radical (unpaired) electrons. The number of benzene rings is 2. The summed E-state index contributed by atoms with van der Waals surface area (Å²) in [6.07, 6.45) is 4.47. The first-order valence-corrected chi connectivity index (χ1v) is 12.9. The van der Waals surface area contributed by atoms with Gasteiger partial charge in [-0.1, -0.05) is 35.9 Å². The molecular weight excluding hydrogens is 492 g/mol. The quantitative estimate of drug-likeness (QED) is 0.567. The number of rotatable bonds is 4. The first kappa shape index (κ1) is 23.7. The standard InChI is InChI=1S/C28H27ClN4O4/c1-17(34)32-15-21-11-20(32)16-33(21)26(35)12-28(8-9-37-25-7-6-19(29)10-23(25)28)27(36)31-24-14-30-13-18-4-2-3-5-22(18)24/h2-7,10,13-14,20-21H,8-9,11-12,15-16H2,1H3,(H,31,36)/t20-,21-,28+/m1/s1. The third kappa shape index (κ3) is 4.00. The highest BCUT2D eigenvalue weighted by atomic mass is 35.5. The summed E-state index contributed by atoms with van der Waals surface area (Å²) in [6, 6.07) is 12.9. The largest absolute Gasteiger partial charge is 0.493 e. The Balaban J connectivity index is 1.35. The van der Waals surface area contributed by atoms with Crippen molar-refractivity contribution in [2.45, 2.75) is 43.7 Å². The van der Waals surface area contributed by atoms with Gasteiger partial charge >= 0.3 is 0 Å². The number of carbonyl (C=O) groups excluding carboxylic acids is 3. The number of piperazine rings is 1. The van der Waals surface area contributed by atoms with Crippen LogP contribution in [0.1, 0.15) is 31.7 Å². The normalized spacial score (nSPS) is 24.1. The summed E-state index contributed by atoms with van der Waals surface area (Å²) in [5.41, 5.74) is 0.0246. The molecule has 9 heteroatoms. The minimum Gasteiger partial charge on any atom is -0.493 e. The molecule has 3 amide bonds. The summed E-state index contributed by atoms with van der Waals surface area (Å²) in [5, 5.41) is 5.33. The molecule has 0 aliphatic carbocycles. The van der Waals surface area contributed by atoms with Crippen molar-refractivity contribution in [3.63, 3.8) is 0 Å². The van der Waals surface area contributed by atoms with Crippen LogP contribution >= 0.6 is 11.6 Å². The van der Waals surface area contributed by atoms with Gasteiger partial charge in [0.05, 0.1) is 36.0 Å². The summed E-state index contributed by atoms with van der Waals surface area (Å²) < 4.78 is 5.88. The molecule has 6 rings (SSSR count). The van der Waals surface area contributed by atoms with Crippen molar-refractivity contribution < 1.29 is 19.1 Å². The summed E-state index contributed by atoms with van der Waals surface area (Å²) in [6.45, 7) is 2.90. The van der Waals surface area contributed by atoms with E-state index in [9.17, 15) is 14.4 Å². The Bertz CT molecular complexity index is 1420. The van der Waals surface area contributed by atoms with Crippen molar-refractivity contribution in [2.75, 3.05) is 25.0 Å². The number of amides is 3. The van der Waals surface area contributed by atoms with Crippen LogP contribution in [0.3, 0.4) is 0 Å². The maximum Gasteiger partial charge on any atom is 0.235 e. The Morgan fingerprint density at radius 2 is 1.89 bits per heavy atom. The molecule has 0 saturated carbocycles. The Hall–Kier alpha value is -3.65. The summed E-state index contributed by atoms with van der Waals surface area (Å²) in [7, 11) is 0. The van der Waals surface area contributed by atoms with Crippen LogP contribution in [0.5, 0.6) is 5.75 Å². The van der Waals surface area contributed by atoms with E-state index in [4.69, 9.17) is 16.3 Å². The molecule has 1 aromatic heterocycles. The van der Waals surface area contributed by atoms with Gasteiger partial charge in [-0.05, 0) is 24.6 Å². The fourth-order valence-electron chi connectivity index (χ4n) is 6.15. The number of hydrogen-bond donors (Lipinski definition) is 1. The Labute approximate surface area is 219 Å². The first-order valence-electron chi connectivity index (χ1n) is 12.5. The van der Waals surface area contributed by atoms with Crippen LogP contribution in [0.4, 0.5) is 5.69 Å². The van der Waals surface area contributed by atoms with Crippen molar-refractivity contribution in [1.29, 1.82) is 0 Å². The Morgan fingerprint density at radius 3 is 2.68 bits per heavy atom. The van der Waals surface area contributed by atoms with Gasteiger partial charge in [0.2, 0.25) is 17.7 Å². The number of aromatic nitrogens is 1. The van der Waals surface area contributed by atoms with E-state index < -0.39 is 5.41 Å². The molecule has 1 N–H and O–H groups in total. The van der Waals surface area contributed by atoms with E-state index in [-0.39, 0.29) is 36.2 Å². The molecule has 8 nitrogen and oxygen atoms in total. The number of anilines is 1. The van der Waals surface area contributed by atoms with Crippen molar-refractivity contribution in [3.05, 3.63) is 65.4 Å². The van der Waals surface area contributed by atoms with Gasteiger partial charge in [0.25, 0.3) is 0 Å². The highest BCUT2D eigenvalue weighted by molar-refractivity contribution is 6.30. The molecule has 3 aliphatic rings. The molecule has 4 heterocycles. The molecule has 3 aliphatic heterocycles. The fraction of sp³-hybridized carbons (Fsp3) is 0.357. The molecule has 3 aromatic rings. The van der Waals surface area contributed by atoms with Gasteiger partial charge in [0, 0.05) is 60.4 Å². The number of likely N-dealkylation sites (tertiary alicyclic amines) is 2. The lowest BCUT2D eigenvalue weighted by atomic mass is 9.72. The van der Waals surface area contributed by atoms with Crippen molar-refractivity contribution in [1.82, 2.24) is 14.8 Å². The van der Waals surface area contributed by atoms with Gasteiger partial charge in [0.1, 0.15) is 5.75 Å². The van der Waals surface area contributed by atoms with Gasteiger partial charge in [-0.3, -0.25) is 19.4 Å². The van der Waals surface area contributed by atoms with Crippen LogP contribution in [0.2, 0.25) is 5.02 Å². The second kappa shape index (κ2) is 9.03. The Kier molecular flexibility index (Phi) is 5.79. The van der Waals surface area contributed by atoms with Gasteiger partial charge < -0.3 is 19.9 Å². The van der Waals surface area contributed by atoms with Gasteiger partial charge in [0.15, 0.2) is 0 Å². The van der Waals surface area contributed by atoms with E-state index >= 15 is 0 Å². The van der Waals surface area contributed by atoms with E-state index in [2.05, 4.69) is 10.3 Å². The zero-order valence-electron chi connectivity index (χ0n) is 20.4. The number of halogens is 1. The topological polar surface area (TPSA) is 91.8 Å². The number of nitrogens with zero attached hydrogens (tertiary/aromatic N) is 3. The average molecular weight is 519 g/mol. The van der Waals surface area contributed by atoms with Gasteiger partial charge in [-0.15, -0.1) is 0 Å². The molecule has 0 unspecified atom stereocenters. The minimum atomic E-state index is -1.17. The molecule has 2 saturated heterocycles. The third-order valence-corrected chi connectivity index (χ3v) is 8.25. The summed E-state index contributed by atoms with van der Waals surface area (Å²) >= 11 is 6.38. The second-order valence-electron chi connectivity index (χ2n) is 10.1.